The van der Waals surface area contributed by atoms with E-state index in [2.05, 4.69) is 20.8 Å². The van der Waals surface area contributed by atoms with Crippen LogP contribution in [-0.4, -0.2) is 6.29 Å². The minimum absolute atomic E-state index is 0.00302. The van der Waals surface area contributed by atoms with Crippen LogP contribution in [0.15, 0.2) is 0 Å². The van der Waals surface area contributed by atoms with Crippen molar-refractivity contribution in [3.63, 3.8) is 0 Å². The first-order valence-electron chi connectivity index (χ1n) is 8.21. The molecule has 0 saturated carbocycles. The normalized spacial score (nSPS) is 14.4. The van der Waals surface area contributed by atoms with E-state index < -0.39 is 0 Å². The standard InChI is InChI=1S/C17H34O/c1-4-7-8-9-10-11-12-13-15-17(6-3,16-18)14-5-2/h16H,4-15H2,1-3H3. The highest BCUT2D eigenvalue weighted by atomic mass is 16.1. The van der Waals surface area contributed by atoms with Crippen molar-refractivity contribution in [2.24, 2.45) is 5.41 Å². The molecular weight excluding hydrogens is 220 g/mol. The van der Waals surface area contributed by atoms with Crippen LogP contribution in [0.3, 0.4) is 0 Å². The molecule has 0 N–H and O–H groups in total. The topological polar surface area (TPSA) is 17.1 Å². The average Bonchev–Trinajstić information content (AvgIpc) is 2.40. The van der Waals surface area contributed by atoms with Crippen LogP contribution in [0.25, 0.3) is 0 Å². The van der Waals surface area contributed by atoms with Gasteiger partial charge in [0.25, 0.3) is 0 Å². The lowest BCUT2D eigenvalue weighted by molar-refractivity contribution is -0.117. The van der Waals surface area contributed by atoms with E-state index in [0.29, 0.717) is 0 Å². The van der Waals surface area contributed by atoms with E-state index in [4.69, 9.17) is 0 Å². The fraction of sp³-hybridized carbons (Fsp3) is 0.941. The Morgan fingerprint density at radius 2 is 1.28 bits per heavy atom. The lowest BCUT2D eigenvalue weighted by atomic mass is 9.78. The molecule has 0 amide bonds. The predicted octanol–water partition coefficient (Wildman–Crippen LogP) is 5.91. The fourth-order valence-corrected chi connectivity index (χ4v) is 2.79. The molecular formula is C17H34O. The molecule has 1 atom stereocenters. The molecule has 0 aromatic rings. The number of unbranched alkanes of at least 4 members (excludes halogenated alkanes) is 7. The zero-order valence-electron chi connectivity index (χ0n) is 13.0. The molecule has 18 heavy (non-hydrogen) atoms. The third kappa shape index (κ3) is 7.89. The van der Waals surface area contributed by atoms with Gasteiger partial charge in [-0.05, 0) is 19.3 Å². The molecule has 0 aliphatic rings. The summed E-state index contributed by atoms with van der Waals surface area (Å²) in [5.74, 6) is 0. The van der Waals surface area contributed by atoms with Crippen molar-refractivity contribution < 1.29 is 4.79 Å². The molecule has 1 unspecified atom stereocenters. The SMILES string of the molecule is CCCCCCCCCCC(C=O)(CC)CCC. The Kier molecular flexibility index (Phi) is 11.5. The van der Waals surface area contributed by atoms with E-state index in [0.717, 1.165) is 25.7 Å². The lowest BCUT2D eigenvalue weighted by Crippen LogP contribution is -2.21. The molecule has 1 heteroatoms. The van der Waals surface area contributed by atoms with Gasteiger partial charge in [-0.1, -0.05) is 78.6 Å². The quantitative estimate of drug-likeness (QED) is 0.295. The molecule has 0 bridgehead atoms. The minimum atomic E-state index is -0.00302. The van der Waals surface area contributed by atoms with Crippen LogP contribution in [0, 0.1) is 5.41 Å². The van der Waals surface area contributed by atoms with E-state index >= 15 is 0 Å². The van der Waals surface area contributed by atoms with E-state index in [1.54, 1.807) is 0 Å². The third-order valence-corrected chi connectivity index (χ3v) is 4.23. The van der Waals surface area contributed by atoms with Crippen molar-refractivity contribution in [1.29, 1.82) is 0 Å². The van der Waals surface area contributed by atoms with E-state index in [-0.39, 0.29) is 5.41 Å². The molecule has 0 saturated heterocycles. The van der Waals surface area contributed by atoms with Crippen LogP contribution in [0.5, 0.6) is 0 Å². The van der Waals surface area contributed by atoms with E-state index in [1.165, 1.54) is 57.7 Å². The van der Waals surface area contributed by atoms with Crippen molar-refractivity contribution >= 4 is 6.29 Å². The van der Waals surface area contributed by atoms with Crippen LogP contribution >= 0.6 is 0 Å². The first kappa shape index (κ1) is 17.7. The molecule has 108 valence electrons. The largest absolute Gasteiger partial charge is 0.303 e. The Morgan fingerprint density at radius 3 is 1.72 bits per heavy atom. The van der Waals surface area contributed by atoms with Crippen LogP contribution in [0.1, 0.15) is 97.8 Å². The molecule has 0 fully saturated rings. The molecule has 0 aromatic heterocycles. The van der Waals surface area contributed by atoms with E-state index in [1.807, 2.05) is 0 Å². The average molecular weight is 254 g/mol. The fourth-order valence-electron chi connectivity index (χ4n) is 2.79. The summed E-state index contributed by atoms with van der Waals surface area (Å²) in [6.45, 7) is 6.61. The second kappa shape index (κ2) is 11.7. The van der Waals surface area contributed by atoms with Gasteiger partial charge in [0, 0.05) is 5.41 Å². The van der Waals surface area contributed by atoms with Crippen LogP contribution in [0.4, 0.5) is 0 Å². The molecule has 0 spiro atoms. The minimum Gasteiger partial charge on any atom is -0.303 e. The Morgan fingerprint density at radius 1 is 0.722 bits per heavy atom. The van der Waals surface area contributed by atoms with Crippen LogP contribution < -0.4 is 0 Å². The lowest BCUT2D eigenvalue weighted by Gasteiger charge is -2.26. The van der Waals surface area contributed by atoms with Gasteiger partial charge in [0.1, 0.15) is 6.29 Å². The van der Waals surface area contributed by atoms with Crippen molar-refractivity contribution in [3.8, 4) is 0 Å². The Balaban J connectivity index is 3.58. The van der Waals surface area contributed by atoms with Crippen molar-refractivity contribution in [1.82, 2.24) is 0 Å². The van der Waals surface area contributed by atoms with Crippen molar-refractivity contribution in [3.05, 3.63) is 0 Å². The highest BCUT2D eigenvalue weighted by molar-refractivity contribution is 5.59. The highest BCUT2D eigenvalue weighted by Crippen LogP contribution is 2.32. The molecule has 1 nitrogen and oxygen atoms in total. The van der Waals surface area contributed by atoms with Crippen molar-refractivity contribution in [2.75, 3.05) is 0 Å². The van der Waals surface area contributed by atoms with Gasteiger partial charge in [0.15, 0.2) is 0 Å². The summed E-state index contributed by atoms with van der Waals surface area (Å²) in [6, 6.07) is 0. The summed E-state index contributed by atoms with van der Waals surface area (Å²) in [4.78, 5) is 11.3. The summed E-state index contributed by atoms with van der Waals surface area (Å²) < 4.78 is 0. The summed E-state index contributed by atoms with van der Waals surface area (Å²) in [5.41, 5.74) is -0.00302. The summed E-state index contributed by atoms with van der Waals surface area (Å²) in [7, 11) is 0. The van der Waals surface area contributed by atoms with Gasteiger partial charge in [-0.3, -0.25) is 0 Å². The molecule has 0 aliphatic carbocycles. The van der Waals surface area contributed by atoms with Gasteiger partial charge in [-0.25, -0.2) is 0 Å². The maximum atomic E-state index is 11.3. The number of aldehydes is 1. The van der Waals surface area contributed by atoms with Crippen LogP contribution in [0.2, 0.25) is 0 Å². The summed E-state index contributed by atoms with van der Waals surface area (Å²) in [5, 5.41) is 0. The molecule has 0 aromatic carbocycles. The monoisotopic (exact) mass is 254 g/mol. The zero-order valence-corrected chi connectivity index (χ0v) is 13.0. The van der Waals surface area contributed by atoms with Gasteiger partial charge in [-0.2, -0.15) is 0 Å². The van der Waals surface area contributed by atoms with Gasteiger partial charge in [0.05, 0.1) is 0 Å². The Bertz CT molecular complexity index is 188. The number of carbonyl (C=O) groups is 1. The zero-order chi connectivity index (χ0) is 13.7. The van der Waals surface area contributed by atoms with Crippen molar-refractivity contribution in [2.45, 2.75) is 97.8 Å². The van der Waals surface area contributed by atoms with Gasteiger partial charge < -0.3 is 4.79 Å². The first-order chi connectivity index (χ1) is 8.74. The van der Waals surface area contributed by atoms with Crippen LogP contribution in [-0.2, 0) is 4.79 Å². The predicted molar refractivity (Wildman–Crippen MR) is 80.9 cm³/mol. The second-order valence-electron chi connectivity index (χ2n) is 5.81. The van der Waals surface area contributed by atoms with Gasteiger partial charge in [-0.15, -0.1) is 0 Å². The summed E-state index contributed by atoms with van der Waals surface area (Å²) in [6.07, 6.45) is 16.4. The molecule has 0 aliphatic heterocycles. The Hall–Kier alpha value is -0.330. The van der Waals surface area contributed by atoms with Gasteiger partial charge >= 0.3 is 0 Å². The smallest absolute Gasteiger partial charge is 0.126 e. The third-order valence-electron chi connectivity index (χ3n) is 4.23. The number of hydrogen-bond acceptors (Lipinski definition) is 1. The number of carbonyl (C=O) groups excluding carboxylic acids is 1. The number of hydrogen-bond donors (Lipinski definition) is 0. The summed E-state index contributed by atoms with van der Waals surface area (Å²) >= 11 is 0. The highest BCUT2D eigenvalue weighted by Gasteiger charge is 2.25. The van der Waals surface area contributed by atoms with E-state index in [9.17, 15) is 4.79 Å². The number of rotatable bonds is 13. The maximum absolute atomic E-state index is 11.3. The Labute approximate surface area is 115 Å². The molecule has 0 rings (SSSR count). The molecule has 0 heterocycles. The molecule has 0 radical (unpaired) electrons. The second-order valence-corrected chi connectivity index (χ2v) is 5.81. The maximum Gasteiger partial charge on any atom is 0.126 e. The first-order valence-corrected chi connectivity index (χ1v) is 8.21. The van der Waals surface area contributed by atoms with Gasteiger partial charge in [0.2, 0.25) is 0 Å².